The van der Waals surface area contributed by atoms with Gasteiger partial charge in [-0.05, 0) is 62.2 Å². The SMILES string of the molecule is Cc1ccc(-c2ccnc3[nH]c(-c4n[nH]c5ccc(-c6cncc(NC(=O)C7CC7)c6)nc45)cc23)s1. The van der Waals surface area contributed by atoms with Crippen molar-refractivity contribution in [2.45, 2.75) is 19.8 Å². The second kappa shape index (κ2) is 8.10. The number of fused-ring (bicyclic) bond motifs is 2. The van der Waals surface area contributed by atoms with Gasteiger partial charge in [0.05, 0.1) is 28.8 Å². The van der Waals surface area contributed by atoms with E-state index >= 15 is 0 Å². The molecule has 3 N–H and O–H groups in total. The monoisotopic (exact) mass is 491 g/mol. The first-order chi connectivity index (χ1) is 17.6. The van der Waals surface area contributed by atoms with Gasteiger partial charge >= 0.3 is 0 Å². The van der Waals surface area contributed by atoms with Crippen LogP contribution in [0.25, 0.3) is 55.2 Å². The minimum Gasteiger partial charge on any atom is -0.338 e. The second-order valence-electron chi connectivity index (χ2n) is 9.10. The Bertz CT molecular complexity index is 1780. The molecule has 0 aliphatic heterocycles. The van der Waals surface area contributed by atoms with E-state index in [9.17, 15) is 4.79 Å². The number of anilines is 1. The molecule has 0 saturated heterocycles. The number of aromatic nitrogens is 6. The Morgan fingerprint density at radius 2 is 2.03 bits per heavy atom. The molecule has 6 heterocycles. The van der Waals surface area contributed by atoms with Crippen LogP contribution in [0.15, 0.2) is 61.1 Å². The molecule has 9 heteroatoms. The molecule has 0 aromatic carbocycles. The third-order valence-electron chi connectivity index (χ3n) is 6.45. The number of aryl methyl sites for hydroxylation is 1. The number of nitrogens with one attached hydrogen (secondary N) is 3. The molecule has 8 nitrogen and oxygen atoms in total. The normalized spacial score (nSPS) is 13.5. The van der Waals surface area contributed by atoms with Gasteiger partial charge in [0, 0.05) is 44.6 Å². The van der Waals surface area contributed by atoms with Crippen LogP contribution >= 0.6 is 11.3 Å². The summed E-state index contributed by atoms with van der Waals surface area (Å²) in [6, 6.07) is 14.2. The molecule has 7 rings (SSSR count). The van der Waals surface area contributed by atoms with Gasteiger partial charge in [-0.2, -0.15) is 5.10 Å². The van der Waals surface area contributed by atoms with Crippen LogP contribution in [-0.4, -0.2) is 36.0 Å². The van der Waals surface area contributed by atoms with E-state index in [0.717, 1.165) is 63.1 Å². The fourth-order valence-corrected chi connectivity index (χ4v) is 5.34. The summed E-state index contributed by atoms with van der Waals surface area (Å²) in [6.45, 7) is 2.11. The van der Waals surface area contributed by atoms with Gasteiger partial charge in [-0.1, -0.05) is 0 Å². The molecular formula is C27H21N7OS. The summed E-state index contributed by atoms with van der Waals surface area (Å²) in [5.74, 6) is 0.186. The Hall–Kier alpha value is -4.37. The molecule has 0 atom stereocenters. The van der Waals surface area contributed by atoms with Crippen molar-refractivity contribution in [3.8, 4) is 33.1 Å². The van der Waals surface area contributed by atoms with Crippen LogP contribution in [0, 0.1) is 12.8 Å². The summed E-state index contributed by atoms with van der Waals surface area (Å²) >= 11 is 1.77. The van der Waals surface area contributed by atoms with Crippen molar-refractivity contribution in [2.75, 3.05) is 5.32 Å². The average molecular weight is 492 g/mol. The van der Waals surface area contributed by atoms with Crippen LogP contribution in [0.4, 0.5) is 5.69 Å². The fraction of sp³-hybridized carbons (Fsp3) is 0.148. The molecule has 1 saturated carbocycles. The lowest BCUT2D eigenvalue weighted by Crippen LogP contribution is -2.13. The molecule has 1 amide bonds. The number of carbonyl (C=O) groups excluding carboxylic acids is 1. The van der Waals surface area contributed by atoms with Crippen molar-refractivity contribution in [3.63, 3.8) is 0 Å². The predicted octanol–water partition coefficient (Wildman–Crippen LogP) is 5.95. The topological polar surface area (TPSA) is 112 Å². The molecule has 6 aromatic rings. The largest absolute Gasteiger partial charge is 0.338 e. The molecule has 0 spiro atoms. The van der Waals surface area contributed by atoms with Gasteiger partial charge in [-0.15, -0.1) is 11.3 Å². The zero-order valence-corrected chi connectivity index (χ0v) is 20.2. The summed E-state index contributed by atoms with van der Waals surface area (Å²) in [5.41, 5.74) is 7.37. The zero-order chi connectivity index (χ0) is 24.2. The lowest BCUT2D eigenvalue weighted by molar-refractivity contribution is -0.117. The number of carbonyl (C=O) groups is 1. The molecule has 1 fully saturated rings. The third-order valence-corrected chi connectivity index (χ3v) is 7.48. The molecule has 6 aromatic heterocycles. The Morgan fingerprint density at radius 3 is 2.86 bits per heavy atom. The highest BCUT2D eigenvalue weighted by molar-refractivity contribution is 7.15. The standard InChI is InChI=1S/C27H21N7OS/c1-14-2-7-23(36-14)18-8-9-29-26-19(18)11-22(32-26)25-24-21(33-34-25)6-5-20(31-24)16-10-17(13-28-12-16)30-27(35)15-3-4-15/h2,5-13,15H,3-4H2,1H3,(H,29,32)(H,30,35)(H,33,34). The molecule has 0 radical (unpaired) electrons. The molecule has 176 valence electrons. The Labute approximate surface area is 209 Å². The highest BCUT2D eigenvalue weighted by Crippen LogP contribution is 2.36. The second-order valence-corrected chi connectivity index (χ2v) is 10.4. The molecule has 36 heavy (non-hydrogen) atoms. The van der Waals surface area contributed by atoms with Crippen molar-refractivity contribution in [3.05, 3.63) is 65.9 Å². The summed E-state index contributed by atoms with van der Waals surface area (Å²) in [5, 5.41) is 11.7. The van der Waals surface area contributed by atoms with E-state index in [4.69, 9.17) is 4.98 Å². The van der Waals surface area contributed by atoms with E-state index in [1.165, 1.54) is 9.75 Å². The number of pyridine rings is 3. The van der Waals surface area contributed by atoms with Crippen LogP contribution in [-0.2, 0) is 4.79 Å². The number of H-pyrrole nitrogens is 2. The fourth-order valence-electron chi connectivity index (χ4n) is 4.43. The molecular weight excluding hydrogens is 470 g/mol. The van der Waals surface area contributed by atoms with Gasteiger partial charge in [-0.25, -0.2) is 9.97 Å². The molecule has 1 aliphatic rings. The Morgan fingerprint density at radius 1 is 1.11 bits per heavy atom. The van der Waals surface area contributed by atoms with Gasteiger partial charge in [-0.3, -0.25) is 14.9 Å². The number of amides is 1. The summed E-state index contributed by atoms with van der Waals surface area (Å²) < 4.78 is 0. The van der Waals surface area contributed by atoms with E-state index in [-0.39, 0.29) is 11.8 Å². The number of hydrogen-bond acceptors (Lipinski definition) is 6. The van der Waals surface area contributed by atoms with Crippen molar-refractivity contribution in [1.82, 2.24) is 30.1 Å². The number of nitrogens with zero attached hydrogens (tertiary/aromatic N) is 4. The maximum atomic E-state index is 12.2. The van der Waals surface area contributed by atoms with Crippen molar-refractivity contribution < 1.29 is 4.79 Å². The first-order valence-corrected chi connectivity index (χ1v) is 12.6. The van der Waals surface area contributed by atoms with E-state index in [2.05, 4.69) is 55.6 Å². The van der Waals surface area contributed by atoms with Crippen LogP contribution < -0.4 is 5.32 Å². The van der Waals surface area contributed by atoms with Crippen LogP contribution in [0.3, 0.4) is 0 Å². The number of hydrogen-bond donors (Lipinski definition) is 3. The van der Waals surface area contributed by atoms with E-state index < -0.39 is 0 Å². The first-order valence-electron chi connectivity index (χ1n) is 11.8. The van der Waals surface area contributed by atoms with Crippen molar-refractivity contribution in [2.24, 2.45) is 5.92 Å². The highest BCUT2D eigenvalue weighted by Gasteiger charge is 2.29. The van der Waals surface area contributed by atoms with Gasteiger partial charge in [0.2, 0.25) is 5.91 Å². The van der Waals surface area contributed by atoms with E-state index in [0.29, 0.717) is 5.69 Å². The summed E-state index contributed by atoms with van der Waals surface area (Å²) in [4.78, 5) is 31.9. The lowest BCUT2D eigenvalue weighted by Gasteiger charge is -2.06. The number of aromatic amines is 2. The zero-order valence-electron chi connectivity index (χ0n) is 19.4. The number of rotatable bonds is 5. The molecule has 0 unspecified atom stereocenters. The smallest absolute Gasteiger partial charge is 0.227 e. The van der Waals surface area contributed by atoms with Crippen LogP contribution in [0.2, 0.25) is 0 Å². The van der Waals surface area contributed by atoms with Crippen molar-refractivity contribution >= 4 is 45.0 Å². The van der Waals surface area contributed by atoms with Crippen LogP contribution in [0.1, 0.15) is 17.7 Å². The molecule has 1 aliphatic carbocycles. The van der Waals surface area contributed by atoms with Crippen molar-refractivity contribution in [1.29, 1.82) is 0 Å². The van der Waals surface area contributed by atoms with Gasteiger partial charge in [0.25, 0.3) is 0 Å². The summed E-state index contributed by atoms with van der Waals surface area (Å²) in [7, 11) is 0. The van der Waals surface area contributed by atoms with Gasteiger partial charge in [0.1, 0.15) is 16.9 Å². The average Bonchev–Trinajstić information content (AvgIpc) is 3.30. The van der Waals surface area contributed by atoms with Gasteiger partial charge in [0.15, 0.2) is 0 Å². The first kappa shape index (κ1) is 21.0. The minimum absolute atomic E-state index is 0.0546. The van der Waals surface area contributed by atoms with Crippen LogP contribution in [0.5, 0.6) is 0 Å². The quantitative estimate of drug-likeness (QED) is 0.276. The minimum atomic E-state index is 0.0546. The maximum absolute atomic E-state index is 12.2. The molecule has 0 bridgehead atoms. The Balaban J connectivity index is 1.28. The number of thiophene rings is 1. The third kappa shape index (κ3) is 3.64. The predicted molar refractivity (Wildman–Crippen MR) is 142 cm³/mol. The highest BCUT2D eigenvalue weighted by atomic mass is 32.1. The Kier molecular flexibility index (Phi) is 4.71. The lowest BCUT2D eigenvalue weighted by atomic mass is 10.1. The van der Waals surface area contributed by atoms with Gasteiger partial charge < -0.3 is 10.3 Å². The van der Waals surface area contributed by atoms with E-state index in [1.54, 1.807) is 23.7 Å². The maximum Gasteiger partial charge on any atom is 0.227 e. The van der Waals surface area contributed by atoms with E-state index in [1.807, 2.05) is 30.5 Å². The summed E-state index contributed by atoms with van der Waals surface area (Å²) in [6.07, 6.45) is 7.16.